The standard InChI is InChI=1S/C23H25FN6/c1-15-3-2-6-30(11-15)21-9-20(27-14-28-21)29-19-8-17(18(24)7-16(19)10-25)23(13-26)12-22(23)4-5-22/h7-10,14-15,25H,2-6,11-12H2,1H3,(H,27,28,29)/t15?,23-/m0/s1. The van der Waals surface area contributed by atoms with E-state index in [1.807, 2.05) is 6.07 Å². The van der Waals surface area contributed by atoms with Gasteiger partial charge in [0.2, 0.25) is 0 Å². The highest BCUT2D eigenvalue weighted by Crippen LogP contribution is 2.78. The van der Waals surface area contributed by atoms with Crippen molar-refractivity contribution < 1.29 is 4.39 Å². The van der Waals surface area contributed by atoms with Crippen LogP contribution < -0.4 is 10.2 Å². The van der Waals surface area contributed by atoms with Crippen molar-refractivity contribution in [3.63, 3.8) is 0 Å². The van der Waals surface area contributed by atoms with Crippen LogP contribution in [0.1, 0.15) is 50.2 Å². The summed E-state index contributed by atoms with van der Waals surface area (Å²) in [4.78, 5) is 11.0. The Morgan fingerprint density at radius 2 is 2.17 bits per heavy atom. The van der Waals surface area contributed by atoms with Gasteiger partial charge >= 0.3 is 0 Å². The molecular weight excluding hydrogens is 379 g/mol. The number of rotatable bonds is 5. The number of benzene rings is 1. The number of hydrogen-bond acceptors (Lipinski definition) is 6. The van der Waals surface area contributed by atoms with Crippen molar-refractivity contribution in [1.82, 2.24) is 9.97 Å². The predicted molar refractivity (Wildman–Crippen MR) is 114 cm³/mol. The largest absolute Gasteiger partial charge is 0.356 e. The molecule has 2 aromatic rings. The summed E-state index contributed by atoms with van der Waals surface area (Å²) < 4.78 is 14.9. The molecule has 1 spiro atoms. The summed E-state index contributed by atoms with van der Waals surface area (Å²) in [5.41, 5.74) is 0.709. The van der Waals surface area contributed by atoms with Gasteiger partial charge in [-0.1, -0.05) is 6.92 Å². The number of nitrogens with zero attached hydrogens (tertiary/aromatic N) is 4. The van der Waals surface area contributed by atoms with Crippen molar-refractivity contribution in [2.45, 2.75) is 44.4 Å². The number of nitriles is 1. The van der Waals surface area contributed by atoms with Crippen molar-refractivity contribution in [2.24, 2.45) is 11.3 Å². The van der Waals surface area contributed by atoms with Crippen molar-refractivity contribution in [1.29, 1.82) is 10.7 Å². The SMILES string of the molecule is CC1CCCN(c2cc(Nc3cc([C@@]4(C#N)CC45CC5)c(F)cc3C=N)ncn2)C1. The predicted octanol–water partition coefficient (Wildman–Crippen LogP) is 4.54. The van der Waals surface area contributed by atoms with Crippen LogP contribution in [0.25, 0.3) is 0 Å². The fourth-order valence-electron chi connectivity index (χ4n) is 5.08. The third kappa shape index (κ3) is 2.94. The number of nitrogens with one attached hydrogen (secondary N) is 2. The second-order valence-corrected chi connectivity index (χ2v) is 9.12. The molecule has 1 aromatic heterocycles. The summed E-state index contributed by atoms with van der Waals surface area (Å²) in [6.45, 7) is 4.19. The third-order valence-corrected chi connectivity index (χ3v) is 7.08. The van der Waals surface area contributed by atoms with Crippen LogP contribution in [0.3, 0.4) is 0 Å². The maximum atomic E-state index is 14.9. The quantitative estimate of drug-likeness (QED) is 0.714. The van der Waals surface area contributed by atoms with E-state index in [0.717, 1.165) is 50.8 Å². The van der Waals surface area contributed by atoms with E-state index in [1.165, 1.54) is 18.8 Å². The first-order valence-electron chi connectivity index (χ1n) is 10.6. The lowest BCUT2D eigenvalue weighted by Crippen LogP contribution is -2.34. The summed E-state index contributed by atoms with van der Waals surface area (Å²) in [5, 5.41) is 20.8. The van der Waals surface area contributed by atoms with Gasteiger partial charge in [-0.3, -0.25) is 0 Å². The first-order valence-corrected chi connectivity index (χ1v) is 10.6. The van der Waals surface area contributed by atoms with E-state index >= 15 is 0 Å². The van der Waals surface area contributed by atoms with Crippen molar-refractivity contribution in [3.05, 3.63) is 41.5 Å². The zero-order chi connectivity index (χ0) is 20.9. The number of aromatic nitrogens is 2. The molecule has 2 N–H and O–H groups in total. The van der Waals surface area contributed by atoms with Crippen LogP contribution in [-0.4, -0.2) is 29.3 Å². The molecule has 0 radical (unpaired) electrons. The lowest BCUT2D eigenvalue weighted by Gasteiger charge is -2.31. The van der Waals surface area contributed by atoms with E-state index in [0.29, 0.717) is 28.6 Å². The molecule has 0 amide bonds. The second kappa shape index (κ2) is 6.76. The molecule has 2 atom stereocenters. The molecule has 2 heterocycles. The summed E-state index contributed by atoms with van der Waals surface area (Å²) >= 11 is 0. The molecule has 154 valence electrons. The van der Waals surface area contributed by atoms with Crippen molar-refractivity contribution in [2.75, 3.05) is 23.3 Å². The molecule has 0 bridgehead atoms. The van der Waals surface area contributed by atoms with E-state index in [2.05, 4.69) is 33.2 Å². The Kier molecular flexibility index (Phi) is 4.28. The fourth-order valence-corrected chi connectivity index (χ4v) is 5.08. The van der Waals surface area contributed by atoms with Gasteiger partial charge in [0.25, 0.3) is 0 Å². The first-order chi connectivity index (χ1) is 14.5. The highest BCUT2D eigenvalue weighted by Gasteiger charge is 2.76. The van der Waals surface area contributed by atoms with Gasteiger partial charge in [-0.15, -0.1) is 0 Å². The normalized spacial score (nSPS) is 26.2. The summed E-state index contributed by atoms with van der Waals surface area (Å²) in [6, 6.07) is 7.35. The molecular formula is C23H25FN6. The van der Waals surface area contributed by atoms with Crippen LogP contribution in [-0.2, 0) is 5.41 Å². The van der Waals surface area contributed by atoms with Gasteiger partial charge in [-0.25, -0.2) is 14.4 Å². The zero-order valence-corrected chi connectivity index (χ0v) is 17.1. The van der Waals surface area contributed by atoms with Crippen LogP contribution in [0.2, 0.25) is 0 Å². The molecule has 2 saturated carbocycles. The van der Waals surface area contributed by atoms with Crippen LogP contribution in [0.5, 0.6) is 0 Å². The minimum atomic E-state index is -0.727. The first kappa shape index (κ1) is 19.0. The zero-order valence-electron chi connectivity index (χ0n) is 17.1. The number of piperidine rings is 1. The average Bonchev–Trinajstić information content (AvgIpc) is 3.67. The minimum absolute atomic E-state index is 0.0287. The van der Waals surface area contributed by atoms with Gasteiger partial charge in [0, 0.05) is 42.2 Å². The average molecular weight is 404 g/mol. The second-order valence-electron chi connectivity index (χ2n) is 9.12. The number of halogens is 1. The molecule has 7 heteroatoms. The van der Waals surface area contributed by atoms with Crippen LogP contribution >= 0.6 is 0 Å². The topological polar surface area (TPSA) is 88.7 Å². The fraction of sp³-hybridized carbons (Fsp3) is 0.478. The molecule has 1 saturated heterocycles. The van der Waals surface area contributed by atoms with Crippen molar-refractivity contribution >= 4 is 23.5 Å². The lowest BCUT2D eigenvalue weighted by atomic mass is 9.91. The number of anilines is 3. The van der Waals surface area contributed by atoms with Crippen LogP contribution in [0, 0.1) is 33.9 Å². The maximum Gasteiger partial charge on any atom is 0.135 e. The summed E-state index contributed by atoms with van der Waals surface area (Å²) in [5.74, 6) is 1.69. The van der Waals surface area contributed by atoms with Gasteiger partial charge in [0.15, 0.2) is 0 Å². The molecule has 3 aliphatic rings. The Bertz CT molecular complexity index is 1060. The van der Waals surface area contributed by atoms with Gasteiger partial charge in [0.1, 0.15) is 23.8 Å². The molecule has 5 rings (SSSR count). The van der Waals surface area contributed by atoms with Crippen LogP contribution in [0.15, 0.2) is 24.5 Å². The molecule has 2 aliphatic carbocycles. The van der Waals surface area contributed by atoms with E-state index in [-0.39, 0.29) is 5.41 Å². The van der Waals surface area contributed by atoms with Gasteiger partial charge in [-0.2, -0.15) is 5.26 Å². The Morgan fingerprint density at radius 1 is 1.33 bits per heavy atom. The Balaban J connectivity index is 1.46. The summed E-state index contributed by atoms with van der Waals surface area (Å²) in [7, 11) is 0. The third-order valence-electron chi connectivity index (χ3n) is 7.08. The highest BCUT2D eigenvalue weighted by atomic mass is 19.1. The lowest BCUT2D eigenvalue weighted by molar-refractivity contribution is 0.444. The monoisotopic (exact) mass is 404 g/mol. The van der Waals surface area contributed by atoms with Gasteiger partial charge < -0.3 is 15.6 Å². The summed E-state index contributed by atoms with van der Waals surface area (Å²) in [6.07, 6.45) is 7.73. The van der Waals surface area contributed by atoms with E-state index in [4.69, 9.17) is 5.41 Å². The Labute approximate surface area is 175 Å². The van der Waals surface area contributed by atoms with E-state index in [1.54, 1.807) is 6.07 Å². The smallest absolute Gasteiger partial charge is 0.135 e. The maximum absolute atomic E-state index is 14.9. The minimum Gasteiger partial charge on any atom is -0.356 e. The van der Waals surface area contributed by atoms with E-state index < -0.39 is 11.2 Å². The van der Waals surface area contributed by atoms with Gasteiger partial charge in [-0.05, 0) is 55.6 Å². The number of hydrogen-bond donors (Lipinski definition) is 2. The highest BCUT2D eigenvalue weighted by molar-refractivity contribution is 5.88. The van der Waals surface area contributed by atoms with E-state index in [9.17, 15) is 9.65 Å². The molecule has 1 aliphatic heterocycles. The van der Waals surface area contributed by atoms with Crippen molar-refractivity contribution in [3.8, 4) is 6.07 Å². The molecule has 1 unspecified atom stereocenters. The molecule has 1 aromatic carbocycles. The van der Waals surface area contributed by atoms with Crippen LogP contribution in [0.4, 0.5) is 21.7 Å². The molecule has 30 heavy (non-hydrogen) atoms. The molecule has 6 nitrogen and oxygen atoms in total. The van der Waals surface area contributed by atoms with Gasteiger partial charge in [0.05, 0.1) is 11.5 Å². The molecule has 3 fully saturated rings. The Hall–Kier alpha value is -3.01. The Morgan fingerprint density at radius 3 is 2.83 bits per heavy atom.